The number of hydrogen-bond acceptors (Lipinski definition) is 1. The van der Waals surface area contributed by atoms with Crippen LogP contribution >= 0.6 is 0 Å². The monoisotopic (exact) mass is 138 g/mol. The molecule has 0 unspecified atom stereocenters. The minimum atomic E-state index is 1.06. The van der Waals surface area contributed by atoms with E-state index in [1.807, 2.05) is 12.2 Å². The first kappa shape index (κ1) is 9.28. The molecule has 0 saturated carbocycles. The van der Waals surface area contributed by atoms with Gasteiger partial charge in [0, 0.05) is 0 Å². The van der Waals surface area contributed by atoms with Crippen molar-refractivity contribution in [1.29, 1.82) is 0 Å². The highest BCUT2D eigenvalue weighted by Crippen LogP contribution is 2.01. The van der Waals surface area contributed by atoms with Gasteiger partial charge in [-0.3, -0.25) is 0 Å². The zero-order chi connectivity index (χ0) is 7.66. The van der Waals surface area contributed by atoms with Crippen LogP contribution in [-0.2, 0) is 0 Å². The molecule has 0 bridgehead atoms. The van der Waals surface area contributed by atoms with Crippen molar-refractivity contribution in [3.8, 4) is 0 Å². The van der Waals surface area contributed by atoms with Crippen molar-refractivity contribution in [2.24, 2.45) is 5.73 Å². The van der Waals surface area contributed by atoms with Gasteiger partial charge in [-0.05, 0) is 38.3 Å². The Bertz CT molecular complexity index is 94.9. The van der Waals surface area contributed by atoms with Crippen LogP contribution in [0, 0.1) is 6.42 Å². The van der Waals surface area contributed by atoms with Gasteiger partial charge in [0.05, 0.1) is 0 Å². The van der Waals surface area contributed by atoms with E-state index in [1.54, 1.807) is 6.20 Å². The summed E-state index contributed by atoms with van der Waals surface area (Å²) in [4.78, 5) is 0. The van der Waals surface area contributed by atoms with Crippen LogP contribution in [-0.4, -0.2) is 0 Å². The van der Waals surface area contributed by atoms with Crippen molar-refractivity contribution in [2.75, 3.05) is 0 Å². The summed E-state index contributed by atoms with van der Waals surface area (Å²) in [7, 11) is 0. The lowest BCUT2D eigenvalue weighted by Gasteiger charge is -1.92. The maximum Gasteiger partial charge on any atom is -0.0103 e. The molecule has 57 valence electrons. The molecule has 0 aromatic heterocycles. The molecule has 10 heavy (non-hydrogen) atoms. The summed E-state index contributed by atoms with van der Waals surface area (Å²) in [5.41, 5.74) is 5.16. The van der Waals surface area contributed by atoms with Crippen LogP contribution in [0.4, 0.5) is 0 Å². The lowest BCUT2D eigenvalue weighted by Crippen LogP contribution is -1.78. The summed E-state index contributed by atoms with van der Waals surface area (Å²) >= 11 is 0. The first-order chi connectivity index (χ1) is 4.91. The maximum atomic E-state index is 5.16. The molecule has 0 spiro atoms. The third-order valence-electron chi connectivity index (χ3n) is 1.25. The van der Waals surface area contributed by atoms with Crippen molar-refractivity contribution in [3.63, 3.8) is 0 Å². The van der Waals surface area contributed by atoms with Gasteiger partial charge in [0.1, 0.15) is 0 Å². The second-order valence-electron chi connectivity index (χ2n) is 2.16. The Morgan fingerprint density at radius 2 is 1.80 bits per heavy atom. The van der Waals surface area contributed by atoms with Gasteiger partial charge in [0.15, 0.2) is 0 Å². The number of rotatable bonds is 6. The zero-order valence-electron chi connectivity index (χ0n) is 6.42. The number of unbranched alkanes of at least 4 members (excludes halogenated alkanes) is 4. The quantitative estimate of drug-likeness (QED) is 0.442. The predicted octanol–water partition coefficient (Wildman–Crippen LogP) is 2.41. The van der Waals surface area contributed by atoms with E-state index in [-0.39, 0.29) is 0 Å². The van der Waals surface area contributed by atoms with E-state index in [4.69, 9.17) is 5.73 Å². The minimum absolute atomic E-state index is 1.06. The summed E-state index contributed by atoms with van der Waals surface area (Å²) in [5.74, 6) is 0. The molecule has 0 amide bonds. The normalized spacial score (nSPS) is 10.4. The van der Waals surface area contributed by atoms with Crippen molar-refractivity contribution >= 4 is 0 Å². The standard InChI is InChI=1S/C9H16N/c1-2-3-4-5-6-7-8-9-10/h2,5,8-9H,1,3-4,6-7,10H2. The van der Waals surface area contributed by atoms with Gasteiger partial charge in [0.2, 0.25) is 0 Å². The Morgan fingerprint density at radius 1 is 1.10 bits per heavy atom. The Kier molecular flexibility index (Phi) is 7.68. The highest BCUT2D eigenvalue weighted by molar-refractivity contribution is 4.80. The number of allylic oxidation sites excluding steroid dienone is 2. The Balaban J connectivity index is 2.83. The molecule has 0 heterocycles. The lowest BCUT2D eigenvalue weighted by atomic mass is 10.1. The molecule has 0 aliphatic heterocycles. The molecule has 0 aliphatic carbocycles. The smallest absolute Gasteiger partial charge is 0.0103 e. The first-order valence-electron chi connectivity index (χ1n) is 3.71. The van der Waals surface area contributed by atoms with Crippen LogP contribution in [0.3, 0.4) is 0 Å². The van der Waals surface area contributed by atoms with E-state index in [9.17, 15) is 0 Å². The summed E-state index contributed by atoms with van der Waals surface area (Å²) < 4.78 is 0. The van der Waals surface area contributed by atoms with Crippen LogP contribution in [0.25, 0.3) is 0 Å². The van der Waals surface area contributed by atoms with Gasteiger partial charge in [-0.2, -0.15) is 0 Å². The molecule has 0 aromatic rings. The molecule has 1 heteroatoms. The van der Waals surface area contributed by atoms with Crippen LogP contribution in [0.2, 0.25) is 0 Å². The van der Waals surface area contributed by atoms with Gasteiger partial charge in [-0.1, -0.05) is 12.2 Å². The van der Waals surface area contributed by atoms with Crippen molar-refractivity contribution in [3.05, 3.63) is 31.4 Å². The third-order valence-corrected chi connectivity index (χ3v) is 1.25. The molecule has 2 N–H and O–H groups in total. The van der Waals surface area contributed by atoms with E-state index < -0.39 is 0 Å². The maximum absolute atomic E-state index is 5.16. The fraction of sp³-hybridized carbons (Fsp3) is 0.444. The van der Waals surface area contributed by atoms with Crippen LogP contribution in [0.1, 0.15) is 25.7 Å². The SMILES string of the molecule is C=CCC[CH]CCC=CN. The summed E-state index contributed by atoms with van der Waals surface area (Å²) in [6.45, 7) is 3.64. The topological polar surface area (TPSA) is 26.0 Å². The molecule has 0 rings (SSSR count). The second-order valence-corrected chi connectivity index (χ2v) is 2.16. The molecule has 1 nitrogen and oxygen atoms in total. The molecule has 0 atom stereocenters. The van der Waals surface area contributed by atoms with Gasteiger partial charge in [-0.15, -0.1) is 6.58 Å². The van der Waals surface area contributed by atoms with E-state index in [2.05, 4.69) is 13.0 Å². The van der Waals surface area contributed by atoms with Crippen LogP contribution in [0.5, 0.6) is 0 Å². The van der Waals surface area contributed by atoms with Crippen LogP contribution < -0.4 is 5.73 Å². The largest absolute Gasteiger partial charge is 0.405 e. The summed E-state index contributed by atoms with van der Waals surface area (Å²) in [6, 6.07) is 0. The van der Waals surface area contributed by atoms with Crippen molar-refractivity contribution in [1.82, 2.24) is 0 Å². The predicted molar refractivity (Wildman–Crippen MR) is 46.3 cm³/mol. The number of hydrogen-bond donors (Lipinski definition) is 1. The highest BCUT2D eigenvalue weighted by atomic mass is 14.5. The van der Waals surface area contributed by atoms with E-state index in [0.29, 0.717) is 0 Å². The molecule has 0 fully saturated rings. The van der Waals surface area contributed by atoms with Crippen molar-refractivity contribution in [2.45, 2.75) is 25.7 Å². The molecule has 1 radical (unpaired) electrons. The summed E-state index contributed by atoms with van der Waals surface area (Å²) in [6.07, 6.45) is 12.2. The van der Waals surface area contributed by atoms with Crippen LogP contribution in [0.15, 0.2) is 24.9 Å². The number of nitrogens with two attached hydrogens (primary N) is 1. The van der Waals surface area contributed by atoms with Gasteiger partial charge in [0.25, 0.3) is 0 Å². The Labute approximate surface area is 63.6 Å². The third kappa shape index (κ3) is 7.28. The molecular formula is C9H16N. The molecule has 0 aliphatic rings. The van der Waals surface area contributed by atoms with E-state index in [1.165, 1.54) is 0 Å². The molecule has 0 aromatic carbocycles. The van der Waals surface area contributed by atoms with Crippen molar-refractivity contribution < 1.29 is 0 Å². The fourth-order valence-electron chi connectivity index (χ4n) is 0.690. The van der Waals surface area contributed by atoms with Gasteiger partial charge in [-0.25, -0.2) is 0 Å². The van der Waals surface area contributed by atoms with Gasteiger partial charge < -0.3 is 5.73 Å². The van der Waals surface area contributed by atoms with E-state index >= 15 is 0 Å². The molecule has 0 saturated heterocycles. The second kappa shape index (κ2) is 8.28. The minimum Gasteiger partial charge on any atom is -0.405 e. The first-order valence-corrected chi connectivity index (χ1v) is 3.71. The average Bonchev–Trinajstić information content (AvgIpc) is 1.97. The average molecular weight is 138 g/mol. The van der Waals surface area contributed by atoms with E-state index in [0.717, 1.165) is 25.7 Å². The fourth-order valence-corrected chi connectivity index (χ4v) is 0.690. The Hall–Kier alpha value is -0.720. The summed E-state index contributed by atoms with van der Waals surface area (Å²) in [5, 5.41) is 0. The lowest BCUT2D eigenvalue weighted by molar-refractivity contribution is 0.857. The van der Waals surface area contributed by atoms with Gasteiger partial charge >= 0.3 is 0 Å². The molecular weight excluding hydrogens is 122 g/mol. The Morgan fingerprint density at radius 3 is 2.40 bits per heavy atom. The highest BCUT2D eigenvalue weighted by Gasteiger charge is 1.84. The zero-order valence-corrected chi connectivity index (χ0v) is 6.42.